The first-order chi connectivity index (χ1) is 11.7. The zero-order chi connectivity index (χ0) is 16.9. The Kier molecular flexibility index (Phi) is 5.30. The number of rotatable bonds is 5. The molecule has 1 amide bonds. The molecule has 2 aromatic rings. The molecular formula is C19H22N2O2S. The maximum atomic E-state index is 12.2. The molecular weight excluding hydrogens is 320 g/mol. The number of amides is 1. The predicted molar refractivity (Wildman–Crippen MR) is 98.2 cm³/mol. The number of benzene rings is 1. The van der Waals surface area contributed by atoms with E-state index in [1.807, 2.05) is 37.3 Å². The van der Waals surface area contributed by atoms with Crippen LogP contribution in [0.4, 0.5) is 0 Å². The monoisotopic (exact) mass is 342 g/mol. The van der Waals surface area contributed by atoms with Gasteiger partial charge in [-0.1, -0.05) is 6.92 Å². The van der Waals surface area contributed by atoms with Gasteiger partial charge in [-0.15, -0.1) is 11.3 Å². The molecule has 0 saturated heterocycles. The summed E-state index contributed by atoms with van der Waals surface area (Å²) >= 11 is 1.60. The molecule has 1 aromatic carbocycles. The van der Waals surface area contributed by atoms with Crippen LogP contribution in [-0.2, 0) is 12.8 Å². The van der Waals surface area contributed by atoms with E-state index in [1.54, 1.807) is 17.6 Å². The molecule has 0 unspecified atom stereocenters. The van der Waals surface area contributed by atoms with Gasteiger partial charge < -0.3 is 4.74 Å². The SMILES string of the molecule is CCOc1ccc(/C=N\NC(=O)c2cc3c(s2)CC[C@@H](C)C3)cc1. The lowest BCUT2D eigenvalue weighted by molar-refractivity contribution is 0.0959. The summed E-state index contributed by atoms with van der Waals surface area (Å²) in [5.41, 5.74) is 4.86. The number of aryl methyl sites for hydroxylation is 1. The summed E-state index contributed by atoms with van der Waals surface area (Å²) in [6.07, 6.45) is 5.02. The third-order valence-corrected chi connectivity index (χ3v) is 5.36. The van der Waals surface area contributed by atoms with Crippen LogP contribution in [0.1, 0.15) is 45.9 Å². The average Bonchev–Trinajstić information content (AvgIpc) is 3.00. The fourth-order valence-corrected chi connectivity index (χ4v) is 3.95. The smallest absolute Gasteiger partial charge is 0.281 e. The summed E-state index contributed by atoms with van der Waals surface area (Å²) in [6.45, 7) is 4.86. The van der Waals surface area contributed by atoms with Crippen LogP contribution in [0.15, 0.2) is 35.4 Å². The van der Waals surface area contributed by atoms with Gasteiger partial charge in [-0.3, -0.25) is 4.79 Å². The number of nitrogens with one attached hydrogen (secondary N) is 1. The lowest BCUT2D eigenvalue weighted by atomic mass is 9.90. The molecule has 0 bridgehead atoms. The van der Waals surface area contributed by atoms with E-state index in [-0.39, 0.29) is 5.91 Å². The van der Waals surface area contributed by atoms with E-state index in [0.717, 1.165) is 29.0 Å². The van der Waals surface area contributed by atoms with Crippen LogP contribution in [0.25, 0.3) is 0 Å². The summed E-state index contributed by atoms with van der Waals surface area (Å²) in [5.74, 6) is 1.40. The minimum atomic E-state index is -0.135. The second-order valence-electron chi connectivity index (χ2n) is 6.11. The molecule has 5 heteroatoms. The van der Waals surface area contributed by atoms with Gasteiger partial charge in [0.05, 0.1) is 17.7 Å². The van der Waals surface area contributed by atoms with Gasteiger partial charge in [-0.25, -0.2) is 5.43 Å². The zero-order valence-electron chi connectivity index (χ0n) is 14.0. The van der Waals surface area contributed by atoms with Crippen LogP contribution in [0, 0.1) is 5.92 Å². The van der Waals surface area contributed by atoms with Gasteiger partial charge in [-0.2, -0.15) is 5.10 Å². The van der Waals surface area contributed by atoms with E-state index in [1.165, 1.54) is 16.9 Å². The van der Waals surface area contributed by atoms with Crippen molar-refractivity contribution in [1.29, 1.82) is 0 Å². The highest BCUT2D eigenvalue weighted by molar-refractivity contribution is 7.14. The van der Waals surface area contributed by atoms with Crippen LogP contribution in [0.2, 0.25) is 0 Å². The topological polar surface area (TPSA) is 50.7 Å². The van der Waals surface area contributed by atoms with Gasteiger partial charge in [0.1, 0.15) is 5.75 Å². The van der Waals surface area contributed by atoms with Crippen molar-refractivity contribution >= 4 is 23.5 Å². The maximum Gasteiger partial charge on any atom is 0.281 e. The van der Waals surface area contributed by atoms with Crippen LogP contribution in [0.3, 0.4) is 0 Å². The quantitative estimate of drug-likeness (QED) is 0.659. The molecule has 0 fully saturated rings. The number of ether oxygens (including phenoxy) is 1. The van der Waals surface area contributed by atoms with Crippen molar-refractivity contribution < 1.29 is 9.53 Å². The van der Waals surface area contributed by atoms with Crippen molar-refractivity contribution in [3.05, 3.63) is 51.2 Å². The summed E-state index contributed by atoms with van der Waals surface area (Å²) in [5, 5.41) is 4.06. The summed E-state index contributed by atoms with van der Waals surface area (Å²) in [7, 11) is 0. The number of carbonyl (C=O) groups excluding carboxylic acids is 1. The molecule has 1 aliphatic rings. The lowest BCUT2D eigenvalue weighted by Crippen LogP contribution is -2.16. The Morgan fingerprint density at radius 1 is 1.42 bits per heavy atom. The summed E-state index contributed by atoms with van der Waals surface area (Å²) in [6, 6.07) is 9.62. The first kappa shape index (κ1) is 16.7. The van der Waals surface area contributed by atoms with Gasteiger partial charge in [0.25, 0.3) is 5.91 Å². The standard InChI is InChI=1S/C19H22N2O2S/c1-3-23-16-7-5-14(6-8-16)12-20-21-19(22)18-11-15-10-13(2)4-9-17(15)24-18/h5-8,11-13H,3-4,9-10H2,1-2H3,(H,21,22)/b20-12-/t13-/m1/s1. The minimum Gasteiger partial charge on any atom is -0.494 e. The minimum absolute atomic E-state index is 0.135. The average molecular weight is 342 g/mol. The van der Waals surface area contributed by atoms with E-state index < -0.39 is 0 Å². The first-order valence-electron chi connectivity index (χ1n) is 8.33. The third kappa shape index (κ3) is 4.03. The van der Waals surface area contributed by atoms with Crippen molar-refractivity contribution in [1.82, 2.24) is 5.43 Å². The van der Waals surface area contributed by atoms with E-state index in [4.69, 9.17) is 4.74 Å². The lowest BCUT2D eigenvalue weighted by Gasteiger charge is -2.16. The van der Waals surface area contributed by atoms with Gasteiger partial charge in [0, 0.05) is 4.88 Å². The van der Waals surface area contributed by atoms with E-state index in [0.29, 0.717) is 12.5 Å². The summed E-state index contributed by atoms with van der Waals surface area (Å²) < 4.78 is 5.40. The van der Waals surface area contributed by atoms with Gasteiger partial charge in [0.2, 0.25) is 0 Å². The summed E-state index contributed by atoms with van der Waals surface area (Å²) in [4.78, 5) is 14.3. The van der Waals surface area contributed by atoms with Gasteiger partial charge >= 0.3 is 0 Å². The molecule has 1 aromatic heterocycles. The van der Waals surface area contributed by atoms with Crippen LogP contribution >= 0.6 is 11.3 Å². The number of nitrogens with zero attached hydrogens (tertiary/aromatic N) is 1. The Hall–Kier alpha value is -2.14. The number of hydrogen-bond donors (Lipinski definition) is 1. The number of thiophene rings is 1. The molecule has 0 spiro atoms. The molecule has 0 radical (unpaired) electrons. The van der Waals surface area contributed by atoms with Crippen molar-refractivity contribution in [2.45, 2.75) is 33.1 Å². The Labute approximate surface area is 146 Å². The van der Waals surface area contributed by atoms with Crippen molar-refractivity contribution in [2.24, 2.45) is 11.0 Å². The molecule has 3 rings (SSSR count). The van der Waals surface area contributed by atoms with E-state index >= 15 is 0 Å². The second-order valence-corrected chi connectivity index (χ2v) is 7.24. The Morgan fingerprint density at radius 2 is 2.21 bits per heavy atom. The number of carbonyl (C=O) groups is 1. The first-order valence-corrected chi connectivity index (χ1v) is 9.15. The fourth-order valence-electron chi connectivity index (χ4n) is 2.86. The molecule has 1 N–H and O–H groups in total. The Balaban J connectivity index is 1.59. The highest BCUT2D eigenvalue weighted by Gasteiger charge is 2.20. The van der Waals surface area contributed by atoms with Crippen LogP contribution in [0.5, 0.6) is 5.75 Å². The van der Waals surface area contributed by atoms with Crippen molar-refractivity contribution in [3.8, 4) is 5.75 Å². The number of hydrogen-bond acceptors (Lipinski definition) is 4. The molecule has 0 aliphatic heterocycles. The molecule has 1 heterocycles. The van der Waals surface area contributed by atoms with Crippen LogP contribution < -0.4 is 10.2 Å². The highest BCUT2D eigenvalue weighted by atomic mass is 32.1. The Bertz CT molecular complexity index is 734. The second kappa shape index (κ2) is 7.62. The van der Waals surface area contributed by atoms with Crippen LogP contribution in [-0.4, -0.2) is 18.7 Å². The normalized spacial score (nSPS) is 16.8. The fraction of sp³-hybridized carbons (Fsp3) is 0.368. The number of hydrazone groups is 1. The molecule has 1 atom stereocenters. The molecule has 0 saturated carbocycles. The van der Waals surface area contributed by atoms with Gasteiger partial charge in [-0.05, 0) is 73.6 Å². The third-order valence-electron chi connectivity index (χ3n) is 4.12. The molecule has 24 heavy (non-hydrogen) atoms. The largest absolute Gasteiger partial charge is 0.494 e. The molecule has 4 nitrogen and oxygen atoms in total. The van der Waals surface area contributed by atoms with E-state index in [9.17, 15) is 4.79 Å². The highest BCUT2D eigenvalue weighted by Crippen LogP contribution is 2.32. The Morgan fingerprint density at radius 3 is 2.96 bits per heavy atom. The molecule has 126 valence electrons. The van der Waals surface area contributed by atoms with Gasteiger partial charge in [0.15, 0.2) is 0 Å². The molecule has 1 aliphatic carbocycles. The predicted octanol–water partition coefficient (Wildman–Crippen LogP) is 4.04. The van der Waals surface area contributed by atoms with Crippen molar-refractivity contribution in [3.63, 3.8) is 0 Å². The van der Waals surface area contributed by atoms with Crippen molar-refractivity contribution in [2.75, 3.05) is 6.61 Å². The maximum absolute atomic E-state index is 12.2. The van der Waals surface area contributed by atoms with E-state index in [2.05, 4.69) is 17.5 Å². The zero-order valence-corrected chi connectivity index (χ0v) is 14.9. The number of fused-ring (bicyclic) bond motifs is 1.